The van der Waals surface area contributed by atoms with Gasteiger partial charge in [0.15, 0.2) is 0 Å². The van der Waals surface area contributed by atoms with Crippen LogP contribution in [0, 0.1) is 11.8 Å². The number of amides is 3. The van der Waals surface area contributed by atoms with Gasteiger partial charge in [-0.1, -0.05) is 35.9 Å². The Balaban J connectivity index is 1.53. The first kappa shape index (κ1) is 32.1. The van der Waals surface area contributed by atoms with E-state index < -0.39 is 22.6 Å². The molecule has 5 atom stereocenters. The van der Waals surface area contributed by atoms with Crippen LogP contribution in [0.25, 0.3) is 0 Å². The normalized spacial score (nSPS) is 25.1. The highest BCUT2D eigenvalue weighted by molar-refractivity contribution is 8.02. The summed E-state index contributed by atoms with van der Waals surface area (Å²) in [5.74, 6) is -1.05. The predicted octanol–water partition coefficient (Wildman–Crippen LogP) is 5.34. The number of likely N-dealkylation sites (tertiary alicyclic amines) is 1. The van der Waals surface area contributed by atoms with E-state index in [-0.39, 0.29) is 42.7 Å². The Morgan fingerprint density at radius 1 is 1.09 bits per heavy atom. The summed E-state index contributed by atoms with van der Waals surface area (Å²) in [6.07, 6.45) is 5.78. The number of para-hydroxylation sites is 1. The van der Waals surface area contributed by atoms with Crippen molar-refractivity contribution in [2.75, 3.05) is 42.6 Å². The van der Waals surface area contributed by atoms with Crippen molar-refractivity contribution in [2.45, 2.75) is 48.6 Å². The molecule has 2 aromatic carbocycles. The second-order valence-electron chi connectivity index (χ2n) is 11.4. The first-order valence-corrected chi connectivity index (χ1v) is 16.5. The predicted molar refractivity (Wildman–Crippen MR) is 176 cm³/mol. The van der Waals surface area contributed by atoms with E-state index in [1.54, 1.807) is 56.8 Å². The molecule has 0 aromatic heterocycles. The Hall–Kier alpha value is -3.27. The molecule has 3 aliphatic rings. The minimum absolute atomic E-state index is 0.00599. The largest absolute Gasteiger partial charge is 0.494 e. The number of carbonyl (C=O) groups excluding carboxylic acids is 3. The van der Waals surface area contributed by atoms with E-state index >= 15 is 0 Å². The summed E-state index contributed by atoms with van der Waals surface area (Å²) in [7, 11) is 0. The number of benzene rings is 2. The standard InChI is InChI=1S/C34H40ClN3O5S/c1-4-19-36(23-13-15-24(16-14-23)43-6-3)31(40)28-27-17-18-34(44-27)29(28)32(41)38(21-9-10-22-39)30(34)33(42)37(20-5-2)26-12-8-7-11-25(26)35/h4-5,7-8,11-16,27-30,39H,1-2,6,9-10,17-22H2,3H3/t27-,28+,29+,30?,34?/m1/s1. The van der Waals surface area contributed by atoms with Crippen LogP contribution in [0.3, 0.4) is 0 Å². The first-order valence-electron chi connectivity index (χ1n) is 15.2. The lowest BCUT2D eigenvalue weighted by atomic mass is 9.70. The Kier molecular flexibility index (Phi) is 10.1. The fourth-order valence-electron chi connectivity index (χ4n) is 7.12. The van der Waals surface area contributed by atoms with Gasteiger partial charge in [0, 0.05) is 37.2 Å². The number of aliphatic hydroxyl groups excluding tert-OH is 1. The number of hydrogen-bond acceptors (Lipinski definition) is 6. The van der Waals surface area contributed by atoms with Crippen molar-refractivity contribution >= 4 is 52.5 Å². The lowest BCUT2D eigenvalue weighted by Gasteiger charge is -2.37. The van der Waals surface area contributed by atoms with Gasteiger partial charge >= 0.3 is 0 Å². The number of aliphatic hydroxyl groups is 1. The third-order valence-corrected chi connectivity index (χ3v) is 11.2. The summed E-state index contributed by atoms with van der Waals surface area (Å²) in [6, 6.07) is 13.8. The molecule has 2 bridgehead atoms. The van der Waals surface area contributed by atoms with E-state index in [2.05, 4.69) is 13.2 Å². The molecule has 1 N–H and O–H groups in total. The number of anilines is 2. The van der Waals surface area contributed by atoms with Gasteiger partial charge in [0.2, 0.25) is 11.8 Å². The molecule has 1 spiro atoms. The number of thioether (sulfide) groups is 1. The van der Waals surface area contributed by atoms with E-state index in [0.29, 0.717) is 54.6 Å². The molecule has 10 heteroatoms. The average molecular weight is 638 g/mol. The number of rotatable bonds is 14. The van der Waals surface area contributed by atoms with Crippen molar-refractivity contribution in [2.24, 2.45) is 11.8 Å². The van der Waals surface area contributed by atoms with Crippen molar-refractivity contribution in [3.8, 4) is 5.75 Å². The Morgan fingerprint density at radius 2 is 1.80 bits per heavy atom. The van der Waals surface area contributed by atoms with Crippen molar-refractivity contribution in [1.29, 1.82) is 0 Å². The van der Waals surface area contributed by atoms with Crippen LogP contribution in [-0.4, -0.2) is 76.6 Å². The summed E-state index contributed by atoms with van der Waals surface area (Å²) in [5, 5.41) is 9.83. The molecule has 3 fully saturated rings. The molecular formula is C34H40ClN3O5S. The smallest absolute Gasteiger partial charge is 0.251 e. The summed E-state index contributed by atoms with van der Waals surface area (Å²) in [5.41, 5.74) is 1.26. The highest BCUT2D eigenvalue weighted by Crippen LogP contribution is 2.67. The maximum Gasteiger partial charge on any atom is 0.251 e. The van der Waals surface area contributed by atoms with Gasteiger partial charge in [-0.2, -0.15) is 0 Å². The second kappa shape index (κ2) is 13.8. The lowest BCUT2D eigenvalue weighted by Crippen LogP contribution is -2.55. The average Bonchev–Trinajstić information content (AvgIpc) is 3.67. The van der Waals surface area contributed by atoms with Crippen LogP contribution in [0.15, 0.2) is 73.8 Å². The van der Waals surface area contributed by atoms with Gasteiger partial charge in [-0.05, 0) is 69.0 Å². The molecule has 0 radical (unpaired) electrons. The van der Waals surface area contributed by atoms with Crippen LogP contribution in [-0.2, 0) is 14.4 Å². The van der Waals surface area contributed by atoms with Gasteiger partial charge in [-0.3, -0.25) is 14.4 Å². The van der Waals surface area contributed by atoms with Crippen molar-refractivity contribution in [1.82, 2.24) is 4.90 Å². The van der Waals surface area contributed by atoms with Crippen molar-refractivity contribution in [3.05, 3.63) is 78.9 Å². The highest BCUT2D eigenvalue weighted by Gasteiger charge is 2.74. The van der Waals surface area contributed by atoms with E-state index in [0.717, 1.165) is 6.42 Å². The molecule has 234 valence electrons. The van der Waals surface area contributed by atoms with Gasteiger partial charge in [0.25, 0.3) is 5.91 Å². The quantitative estimate of drug-likeness (QED) is 0.222. The topological polar surface area (TPSA) is 90.4 Å². The first-order chi connectivity index (χ1) is 21.3. The van der Waals surface area contributed by atoms with Crippen molar-refractivity contribution in [3.63, 3.8) is 0 Å². The molecular weight excluding hydrogens is 598 g/mol. The van der Waals surface area contributed by atoms with E-state index in [1.807, 2.05) is 37.3 Å². The van der Waals surface area contributed by atoms with Crippen LogP contribution < -0.4 is 14.5 Å². The summed E-state index contributed by atoms with van der Waals surface area (Å²) < 4.78 is 4.84. The monoisotopic (exact) mass is 637 g/mol. The van der Waals surface area contributed by atoms with Crippen LogP contribution >= 0.6 is 23.4 Å². The minimum Gasteiger partial charge on any atom is -0.494 e. The van der Waals surface area contributed by atoms with Crippen LogP contribution in [0.4, 0.5) is 11.4 Å². The number of hydrogen-bond donors (Lipinski definition) is 1. The molecule has 5 rings (SSSR count). The highest BCUT2D eigenvalue weighted by atomic mass is 35.5. The molecule has 3 saturated heterocycles. The molecule has 3 heterocycles. The Morgan fingerprint density at radius 3 is 2.45 bits per heavy atom. The number of carbonyl (C=O) groups is 3. The Labute approximate surface area is 268 Å². The number of ether oxygens (including phenoxy) is 1. The molecule has 8 nitrogen and oxygen atoms in total. The van der Waals surface area contributed by atoms with Crippen LogP contribution in [0.5, 0.6) is 5.75 Å². The molecule has 2 unspecified atom stereocenters. The molecule has 3 aliphatic heterocycles. The molecule has 3 amide bonds. The number of fused-ring (bicyclic) bond motifs is 1. The zero-order valence-electron chi connectivity index (χ0n) is 25.1. The number of halogens is 1. The third-order valence-electron chi connectivity index (χ3n) is 8.88. The van der Waals surface area contributed by atoms with Gasteiger partial charge in [-0.25, -0.2) is 0 Å². The maximum absolute atomic E-state index is 14.7. The summed E-state index contributed by atoms with van der Waals surface area (Å²) in [6.45, 7) is 11.0. The van der Waals surface area contributed by atoms with Crippen LogP contribution in [0.2, 0.25) is 5.02 Å². The number of nitrogens with zero attached hydrogens (tertiary/aromatic N) is 3. The molecule has 44 heavy (non-hydrogen) atoms. The zero-order valence-corrected chi connectivity index (χ0v) is 26.6. The molecule has 0 aliphatic carbocycles. The van der Waals surface area contributed by atoms with E-state index in [1.165, 1.54) is 0 Å². The summed E-state index contributed by atoms with van der Waals surface area (Å²) >= 11 is 8.20. The minimum atomic E-state index is -0.777. The molecule has 2 aromatic rings. The van der Waals surface area contributed by atoms with E-state index in [4.69, 9.17) is 16.3 Å². The SMILES string of the molecule is C=CCN(C(=O)[C@@H]1[C@H]2C(=O)N(CCCCO)C(C(=O)N(CC=C)c3ccccc3Cl)C23CC[C@H]1S3)c1ccc(OCC)cc1. The fraction of sp³-hybridized carbons (Fsp3) is 0.441. The maximum atomic E-state index is 14.7. The fourth-order valence-corrected chi connectivity index (χ4v) is 9.57. The Bertz CT molecular complexity index is 1400. The zero-order chi connectivity index (χ0) is 31.4. The van der Waals surface area contributed by atoms with Gasteiger partial charge in [0.1, 0.15) is 11.8 Å². The van der Waals surface area contributed by atoms with Crippen LogP contribution in [0.1, 0.15) is 32.6 Å². The molecule has 0 saturated carbocycles. The third kappa shape index (κ3) is 5.66. The van der Waals surface area contributed by atoms with Gasteiger partial charge < -0.3 is 24.5 Å². The summed E-state index contributed by atoms with van der Waals surface area (Å²) in [4.78, 5) is 48.6. The second-order valence-corrected chi connectivity index (χ2v) is 13.4. The lowest BCUT2D eigenvalue weighted by molar-refractivity contribution is -0.139. The van der Waals surface area contributed by atoms with Crippen molar-refractivity contribution < 1.29 is 24.2 Å². The van der Waals surface area contributed by atoms with Gasteiger partial charge in [0.05, 0.1) is 33.9 Å². The number of unbranched alkanes of at least 4 members (excludes halogenated alkanes) is 1. The van der Waals surface area contributed by atoms with E-state index in [9.17, 15) is 19.5 Å². The van der Waals surface area contributed by atoms with Gasteiger partial charge in [-0.15, -0.1) is 24.9 Å².